The number of hydrogen-bond acceptors (Lipinski definition) is 2. The van der Waals surface area contributed by atoms with Crippen molar-refractivity contribution in [2.75, 3.05) is 16.8 Å². The van der Waals surface area contributed by atoms with Crippen molar-refractivity contribution < 1.29 is 4.79 Å². The number of benzene rings is 3. The van der Waals surface area contributed by atoms with E-state index in [-0.39, 0.29) is 11.8 Å². The molecule has 3 aromatic rings. The van der Waals surface area contributed by atoms with Gasteiger partial charge in [-0.25, -0.2) is 4.99 Å². The Kier molecular flexibility index (Phi) is 12.5. The van der Waals surface area contributed by atoms with Gasteiger partial charge in [-0.05, 0) is 42.8 Å². The third-order valence-electron chi connectivity index (χ3n) is 6.59. The number of amidine groups is 1. The van der Waals surface area contributed by atoms with Gasteiger partial charge in [-0.1, -0.05) is 113 Å². The highest BCUT2D eigenvalue weighted by Gasteiger charge is 2.21. The van der Waals surface area contributed by atoms with Crippen molar-refractivity contribution in [3.05, 3.63) is 91.0 Å². The molecular weight excluding hydrogens is 454 g/mol. The fourth-order valence-corrected chi connectivity index (χ4v) is 4.44. The molecule has 4 nitrogen and oxygen atoms in total. The molecule has 1 atom stereocenters. The van der Waals surface area contributed by atoms with Gasteiger partial charge in [0.25, 0.3) is 0 Å². The lowest BCUT2D eigenvalue weighted by Crippen LogP contribution is -2.38. The van der Waals surface area contributed by atoms with Crippen molar-refractivity contribution in [2.45, 2.75) is 71.6 Å². The third kappa shape index (κ3) is 10.2. The Balaban J connectivity index is 1.69. The van der Waals surface area contributed by atoms with Crippen molar-refractivity contribution in [3.8, 4) is 0 Å². The van der Waals surface area contributed by atoms with Crippen LogP contribution in [0.25, 0.3) is 0 Å². The summed E-state index contributed by atoms with van der Waals surface area (Å²) in [4.78, 5) is 20.3. The number of aliphatic imine (C=N–C) groups is 1. The van der Waals surface area contributed by atoms with Crippen LogP contribution in [-0.2, 0) is 4.79 Å². The van der Waals surface area contributed by atoms with Gasteiger partial charge in [0.1, 0.15) is 5.84 Å². The van der Waals surface area contributed by atoms with Crippen molar-refractivity contribution in [3.63, 3.8) is 0 Å². The lowest BCUT2D eigenvalue weighted by atomic mass is 10.1. The topological polar surface area (TPSA) is 44.7 Å². The highest BCUT2D eigenvalue weighted by Crippen LogP contribution is 2.21. The predicted octanol–water partition coefficient (Wildman–Crippen LogP) is 9.03. The first kappa shape index (κ1) is 28.2. The molecule has 3 rings (SSSR count). The normalized spacial score (nSPS) is 12.2. The quantitative estimate of drug-likeness (QED) is 0.129. The van der Waals surface area contributed by atoms with Crippen molar-refractivity contribution in [2.24, 2.45) is 10.9 Å². The Bertz CT molecular complexity index is 1050. The molecule has 0 aliphatic heterocycles. The zero-order valence-electron chi connectivity index (χ0n) is 22.6. The van der Waals surface area contributed by atoms with Crippen LogP contribution in [0.3, 0.4) is 0 Å². The molecule has 0 aromatic heterocycles. The Hall–Kier alpha value is -3.40. The third-order valence-corrected chi connectivity index (χ3v) is 6.59. The number of amides is 1. The average Bonchev–Trinajstić information content (AvgIpc) is 2.94. The molecule has 0 bridgehead atoms. The molecule has 196 valence electrons. The van der Waals surface area contributed by atoms with E-state index in [4.69, 9.17) is 4.99 Å². The van der Waals surface area contributed by atoms with E-state index in [2.05, 4.69) is 19.2 Å². The maximum Gasteiger partial charge on any atom is 0.226 e. The molecule has 0 spiro atoms. The molecule has 0 saturated carbocycles. The first-order valence-corrected chi connectivity index (χ1v) is 14.0. The van der Waals surface area contributed by atoms with Gasteiger partial charge in [0.05, 0.1) is 5.69 Å². The number of nitrogens with one attached hydrogen (secondary N) is 1. The van der Waals surface area contributed by atoms with Crippen LogP contribution < -0.4 is 10.2 Å². The summed E-state index contributed by atoms with van der Waals surface area (Å²) in [6, 6.07) is 30.1. The number of anilines is 2. The number of nitrogens with zero attached hydrogens (tertiary/aromatic N) is 2. The first-order chi connectivity index (χ1) is 18.2. The van der Waals surface area contributed by atoms with Gasteiger partial charge in [0.15, 0.2) is 0 Å². The molecule has 3 aromatic carbocycles. The summed E-state index contributed by atoms with van der Waals surface area (Å²) in [5, 5.41) is 3.52. The Morgan fingerprint density at radius 2 is 1.30 bits per heavy atom. The van der Waals surface area contributed by atoms with Crippen LogP contribution in [0.5, 0.6) is 0 Å². The summed E-state index contributed by atoms with van der Waals surface area (Å²) in [5.41, 5.74) is 2.82. The molecule has 1 amide bonds. The molecule has 1 N–H and O–H groups in total. The Labute approximate surface area is 223 Å². The summed E-state index contributed by atoms with van der Waals surface area (Å²) < 4.78 is 0. The number of para-hydroxylation sites is 3. The van der Waals surface area contributed by atoms with Crippen LogP contribution in [0.2, 0.25) is 0 Å². The van der Waals surface area contributed by atoms with E-state index in [0.29, 0.717) is 13.0 Å². The molecule has 0 aliphatic carbocycles. The van der Waals surface area contributed by atoms with Gasteiger partial charge in [-0.15, -0.1) is 0 Å². The van der Waals surface area contributed by atoms with Gasteiger partial charge in [0, 0.05) is 30.3 Å². The lowest BCUT2D eigenvalue weighted by Gasteiger charge is -2.27. The fraction of sp³-hybridized carbons (Fsp3) is 0.394. The van der Waals surface area contributed by atoms with Crippen LogP contribution >= 0.6 is 0 Å². The summed E-state index contributed by atoms with van der Waals surface area (Å²) >= 11 is 0. The summed E-state index contributed by atoms with van der Waals surface area (Å²) in [5.74, 6) is 1.03. The standard InChI is InChI=1S/C33H43N3O/c1-3-4-5-6-7-8-9-19-26-32(37)36(31-24-17-12-18-25-31)27-28(2)33(34-29-20-13-10-14-21-29)35-30-22-15-11-16-23-30/h10-18,20-25,28H,3-9,19,26-27H2,1-2H3,(H,34,35)/t28-/m1/s1. The van der Waals surface area contributed by atoms with Crippen molar-refractivity contribution in [1.29, 1.82) is 0 Å². The highest BCUT2D eigenvalue weighted by molar-refractivity contribution is 6.00. The predicted molar refractivity (Wildman–Crippen MR) is 159 cm³/mol. The van der Waals surface area contributed by atoms with E-state index >= 15 is 0 Å². The SMILES string of the molecule is CCCCCCCCCCC(=O)N(C[C@@H](C)C(=Nc1ccccc1)Nc1ccccc1)c1ccccc1. The molecule has 0 heterocycles. The molecule has 0 unspecified atom stereocenters. The molecule has 0 aliphatic rings. The second kappa shape index (κ2) is 16.4. The van der Waals surface area contributed by atoms with E-state index in [1.54, 1.807) is 0 Å². The zero-order valence-corrected chi connectivity index (χ0v) is 22.6. The minimum Gasteiger partial charge on any atom is -0.343 e. The van der Waals surface area contributed by atoms with Crippen molar-refractivity contribution in [1.82, 2.24) is 0 Å². The van der Waals surface area contributed by atoms with E-state index in [1.165, 1.54) is 38.5 Å². The van der Waals surface area contributed by atoms with Crippen molar-refractivity contribution >= 4 is 28.8 Å². The number of hydrogen-bond donors (Lipinski definition) is 1. The minimum absolute atomic E-state index is 0.00290. The second-order valence-electron chi connectivity index (χ2n) is 9.79. The van der Waals surface area contributed by atoms with Gasteiger partial charge >= 0.3 is 0 Å². The van der Waals surface area contributed by atoms with Gasteiger partial charge in [-0.3, -0.25) is 4.79 Å². The largest absolute Gasteiger partial charge is 0.343 e. The molecule has 4 heteroatoms. The Morgan fingerprint density at radius 3 is 1.92 bits per heavy atom. The molecule has 0 saturated heterocycles. The van der Waals surface area contributed by atoms with Crippen LogP contribution in [0.1, 0.15) is 71.6 Å². The van der Waals surface area contributed by atoms with Crippen LogP contribution in [-0.4, -0.2) is 18.3 Å². The highest BCUT2D eigenvalue weighted by atomic mass is 16.2. The molecule has 0 fully saturated rings. The smallest absolute Gasteiger partial charge is 0.226 e. The van der Waals surface area contributed by atoms with E-state index < -0.39 is 0 Å². The summed E-state index contributed by atoms with van der Waals surface area (Å²) in [7, 11) is 0. The monoisotopic (exact) mass is 497 g/mol. The number of carbonyl (C=O) groups is 1. The number of carbonyl (C=O) groups excluding carboxylic acids is 1. The minimum atomic E-state index is 0.00290. The maximum absolute atomic E-state index is 13.5. The maximum atomic E-state index is 13.5. The summed E-state index contributed by atoms with van der Waals surface area (Å²) in [6.07, 6.45) is 10.4. The fourth-order valence-electron chi connectivity index (χ4n) is 4.44. The number of unbranched alkanes of at least 4 members (excludes halogenated alkanes) is 7. The number of rotatable bonds is 15. The van der Waals surface area contributed by atoms with Crippen LogP contribution in [0.4, 0.5) is 17.1 Å². The van der Waals surface area contributed by atoms with E-state index in [1.807, 2.05) is 95.9 Å². The summed E-state index contributed by atoms with van der Waals surface area (Å²) in [6.45, 7) is 4.95. The first-order valence-electron chi connectivity index (χ1n) is 14.0. The van der Waals surface area contributed by atoms with Crippen LogP contribution in [0.15, 0.2) is 96.0 Å². The molecule has 37 heavy (non-hydrogen) atoms. The zero-order chi connectivity index (χ0) is 26.1. The van der Waals surface area contributed by atoms with Gasteiger partial charge < -0.3 is 10.2 Å². The Morgan fingerprint density at radius 1 is 0.757 bits per heavy atom. The average molecular weight is 498 g/mol. The molecule has 0 radical (unpaired) electrons. The second-order valence-corrected chi connectivity index (χ2v) is 9.79. The lowest BCUT2D eigenvalue weighted by molar-refractivity contribution is -0.118. The van der Waals surface area contributed by atoms with E-state index in [0.717, 1.165) is 35.7 Å². The molecular formula is C33H43N3O. The van der Waals surface area contributed by atoms with Gasteiger partial charge in [-0.2, -0.15) is 0 Å². The van der Waals surface area contributed by atoms with Gasteiger partial charge in [0.2, 0.25) is 5.91 Å². The van der Waals surface area contributed by atoms with E-state index in [9.17, 15) is 4.79 Å². The van der Waals surface area contributed by atoms with Crippen LogP contribution in [0, 0.1) is 5.92 Å².